The van der Waals surface area contributed by atoms with E-state index in [0.29, 0.717) is 0 Å². The molecule has 1 N–H and O–H groups in total. The fourth-order valence-electron chi connectivity index (χ4n) is 2.61. The summed E-state index contributed by atoms with van der Waals surface area (Å²) >= 11 is 0. The second-order valence-electron chi connectivity index (χ2n) is 4.29. The lowest BCUT2D eigenvalue weighted by Crippen LogP contribution is -2.24. The van der Waals surface area contributed by atoms with Gasteiger partial charge in [0.25, 0.3) is 0 Å². The monoisotopic (exact) mass is 215 g/mol. The molecular formula is C13H15N2O+. The first kappa shape index (κ1) is 10.7. The average molecular weight is 215 g/mol. The van der Waals surface area contributed by atoms with Crippen molar-refractivity contribution in [1.82, 2.24) is 0 Å². The summed E-state index contributed by atoms with van der Waals surface area (Å²) in [5, 5.41) is 18.6. The summed E-state index contributed by atoms with van der Waals surface area (Å²) < 4.78 is 0. The van der Waals surface area contributed by atoms with E-state index in [0.717, 1.165) is 37.4 Å². The second-order valence-corrected chi connectivity index (χ2v) is 4.29. The number of hydrogen-bond acceptors (Lipinski definition) is 2. The van der Waals surface area contributed by atoms with E-state index in [1.807, 2.05) is 30.3 Å². The maximum Gasteiger partial charge on any atom is 0.388 e. The van der Waals surface area contributed by atoms with Gasteiger partial charge in [-0.15, -0.1) is 0 Å². The van der Waals surface area contributed by atoms with Crippen molar-refractivity contribution in [3.63, 3.8) is 0 Å². The van der Waals surface area contributed by atoms with Gasteiger partial charge in [0.1, 0.15) is 0 Å². The summed E-state index contributed by atoms with van der Waals surface area (Å²) in [6.45, 7) is 0. The molecule has 1 aromatic rings. The third kappa shape index (κ3) is 1.67. The summed E-state index contributed by atoms with van der Waals surface area (Å²) in [5.74, 6) is 0.165. The number of aliphatic hydroxyl groups excluding tert-OH is 1. The zero-order valence-electron chi connectivity index (χ0n) is 9.13. The lowest BCUT2D eigenvalue weighted by Gasteiger charge is -2.26. The Hall–Kier alpha value is -1.82. The van der Waals surface area contributed by atoms with Gasteiger partial charge in [0, 0.05) is 0 Å². The molecule has 1 aliphatic rings. The molecule has 0 aromatic heterocycles. The van der Waals surface area contributed by atoms with Gasteiger partial charge in [0.2, 0.25) is 5.39 Å². The molecule has 1 saturated carbocycles. The van der Waals surface area contributed by atoms with Crippen molar-refractivity contribution in [3.8, 4) is 0 Å². The summed E-state index contributed by atoms with van der Waals surface area (Å²) in [6, 6.07) is 9.94. The Morgan fingerprint density at radius 2 is 1.88 bits per heavy atom. The van der Waals surface area contributed by atoms with Crippen LogP contribution >= 0.6 is 0 Å². The fraction of sp³-hybridized carbons (Fsp3) is 0.385. The zero-order valence-corrected chi connectivity index (χ0v) is 9.13. The topological polar surface area (TPSA) is 48.4 Å². The number of benzene rings is 1. The molecule has 0 heterocycles. The third-order valence-corrected chi connectivity index (χ3v) is 3.45. The van der Waals surface area contributed by atoms with Crippen molar-refractivity contribution in [2.45, 2.75) is 31.1 Å². The summed E-state index contributed by atoms with van der Waals surface area (Å²) in [6.07, 6.45) is 5.17. The first-order chi connectivity index (χ1) is 7.79. The number of nitrogens with zero attached hydrogens (tertiary/aromatic N) is 2. The Kier molecular flexibility index (Phi) is 2.91. The van der Waals surface area contributed by atoms with Crippen LogP contribution in [0.3, 0.4) is 0 Å². The van der Waals surface area contributed by atoms with Crippen LogP contribution in [-0.4, -0.2) is 5.11 Å². The van der Waals surface area contributed by atoms with Crippen LogP contribution in [0.4, 0.5) is 0 Å². The lowest BCUT2D eigenvalue weighted by atomic mass is 9.77. The molecule has 1 aliphatic carbocycles. The molecule has 0 amide bonds. The number of aliphatic hydroxyl groups is 1. The highest BCUT2D eigenvalue weighted by molar-refractivity contribution is 5.35. The minimum atomic E-state index is -0.340. The third-order valence-electron chi connectivity index (χ3n) is 3.45. The largest absolute Gasteiger partial charge is 0.505 e. The molecule has 3 heteroatoms. The number of allylic oxidation sites excluding steroid dienone is 1. The van der Waals surface area contributed by atoms with Gasteiger partial charge >= 0.3 is 6.20 Å². The van der Waals surface area contributed by atoms with Crippen molar-refractivity contribution in [1.29, 1.82) is 5.39 Å². The van der Waals surface area contributed by atoms with Crippen molar-refractivity contribution < 1.29 is 5.11 Å². The SMILES string of the molecule is N#[N+]C=C(O)C1(c2ccccc2)CCCC1. The van der Waals surface area contributed by atoms with E-state index in [9.17, 15) is 5.11 Å². The number of rotatable bonds is 2. The van der Waals surface area contributed by atoms with Gasteiger partial charge in [-0.05, 0) is 18.4 Å². The maximum atomic E-state index is 10.1. The van der Waals surface area contributed by atoms with E-state index >= 15 is 0 Å². The van der Waals surface area contributed by atoms with E-state index in [4.69, 9.17) is 5.39 Å². The Bertz CT molecular complexity index is 425. The average Bonchev–Trinajstić information content (AvgIpc) is 2.81. The van der Waals surface area contributed by atoms with Crippen LogP contribution in [0.25, 0.3) is 4.98 Å². The van der Waals surface area contributed by atoms with E-state index in [-0.39, 0.29) is 11.2 Å². The molecule has 0 atom stereocenters. The summed E-state index contributed by atoms with van der Waals surface area (Å²) in [7, 11) is 0. The van der Waals surface area contributed by atoms with Gasteiger partial charge in [0.05, 0.1) is 5.41 Å². The minimum absolute atomic E-state index is 0.165. The quantitative estimate of drug-likeness (QED) is 0.603. The van der Waals surface area contributed by atoms with Gasteiger partial charge < -0.3 is 5.11 Å². The lowest BCUT2D eigenvalue weighted by molar-refractivity contribution is 0.294. The van der Waals surface area contributed by atoms with Crippen molar-refractivity contribution in [3.05, 3.63) is 52.8 Å². The van der Waals surface area contributed by atoms with E-state index < -0.39 is 0 Å². The van der Waals surface area contributed by atoms with E-state index in [1.54, 1.807) is 0 Å². The summed E-state index contributed by atoms with van der Waals surface area (Å²) in [5.41, 5.74) is 0.762. The van der Waals surface area contributed by atoms with Crippen LogP contribution < -0.4 is 0 Å². The van der Waals surface area contributed by atoms with Crippen molar-refractivity contribution in [2.75, 3.05) is 0 Å². The Balaban J connectivity index is 2.45. The first-order valence-corrected chi connectivity index (χ1v) is 5.59. The van der Waals surface area contributed by atoms with Crippen LogP contribution in [0.15, 0.2) is 42.3 Å². The molecular weight excluding hydrogens is 200 g/mol. The normalized spacial score (nSPS) is 19.3. The zero-order chi connectivity index (χ0) is 11.4. The molecule has 1 aromatic carbocycles. The van der Waals surface area contributed by atoms with Gasteiger partial charge in [-0.25, -0.2) is 0 Å². The molecule has 16 heavy (non-hydrogen) atoms. The Morgan fingerprint density at radius 3 is 2.44 bits per heavy atom. The van der Waals surface area contributed by atoms with Gasteiger partial charge in [0.15, 0.2) is 10.7 Å². The van der Waals surface area contributed by atoms with Crippen LogP contribution in [0.5, 0.6) is 0 Å². The molecule has 0 bridgehead atoms. The van der Waals surface area contributed by atoms with Crippen LogP contribution in [0.1, 0.15) is 31.2 Å². The Morgan fingerprint density at radius 1 is 1.25 bits per heavy atom. The molecule has 0 radical (unpaired) electrons. The van der Waals surface area contributed by atoms with Crippen LogP contribution in [-0.2, 0) is 5.41 Å². The molecule has 0 spiro atoms. The number of diazo groups is 1. The maximum absolute atomic E-state index is 10.1. The van der Waals surface area contributed by atoms with E-state index in [1.165, 1.54) is 0 Å². The van der Waals surface area contributed by atoms with E-state index in [2.05, 4.69) is 4.98 Å². The fourth-order valence-corrected chi connectivity index (χ4v) is 2.61. The molecule has 0 aliphatic heterocycles. The highest BCUT2D eigenvalue weighted by Crippen LogP contribution is 2.45. The summed E-state index contributed by atoms with van der Waals surface area (Å²) in [4.78, 5) is 2.94. The first-order valence-electron chi connectivity index (χ1n) is 5.59. The second kappa shape index (κ2) is 4.36. The molecule has 0 unspecified atom stereocenters. The molecule has 1 fully saturated rings. The predicted octanol–water partition coefficient (Wildman–Crippen LogP) is 3.75. The number of hydrogen-bond donors (Lipinski definition) is 1. The smallest absolute Gasteiger partial charge is 0.388 e. The standard InChI is InChI=1S/C13H14N2O/c14-15-10-12(16)13(8-4-5-9-13)11-6-2-1-3-7-11/h1-3,6-7,10H,4-5,8-9H2/p+1. The highest BCUT2D eigenvalue weighted by Gasteiger charge is 2.41. The molecule has 82 valence electrons. The van der Waals surface area contributed by atoms with Crippen LogP contribution in [0.2, 0.25) is 0 Å². The van der Waals surface area contributed by atoms with Crippen molar-refractivity contribution >= 4 is 0 Å². The van der Waals surface area contributed by atoms with Gasteiger partial charge in [-0.1, -0.05) is 43.2 Å². The van der Waals surface area contributed by atoms with Crippen LogP contribution in [0, 0.1) is 5.39 Å². The van der Waals surface area contributed by atoms with Crippen molar-refractivity contribution in [2.24, 2.45) is 0 Å². The minimum Gasteiger partial charge on any atom is -0.505 e. The Labute approximate surface area is 95.0 Å². The highest BCUT2D eigenvalue weighted by atomic mass is 16.3. The molecule has 2 rings (SSSR count). The molecule has 3 nitrogen and oxygen atoms in total. The van der Waals surface area contributed by atoms with Gasteiger partial charge in [-0.2, -0.15) is 0 Å². The predicted molar refractivity (Wildman–Crippen MR) is 62.4 cm³/mol. The molecule has 0 saturated heterocycles. The van der Waals surface area contributed by atoms with Gasteiger partial charge in [-0.3, -0.25) is 0 Å².